The normalized spacial score (nSPS) is 29.0. The van der Waals surface area contributed by atoms with Crippen LogP contribution in [0.4, 0.5) is 0 Å². The van der Waals surface area contributed by atoms with E-state index in [0.717, 1.165) is 25.9 Å². The third kappa shape index (κ3) is 2.21. The van der Waals surface area contributed by atoms with Crippen LogP contribution >= 0.6 is 0 Å². The lowest BCUT2D eigenvalue weighted by Crippen LogP contribution is -2.56. The first-order valence-corrected chi connectivity index (χ1v) is 5.03. The molecule has 1 heterocycles. The molecule has 1 rings (SSSR count). The van der Waals surface area contributed by atoms with Gasteiger partial charge in [-0.3, -0.25) is 4.79 Å². The first-order valence-electron chi connectivity index (χ1n) is 5.03. The molecule has 0 aromatic rings. The molecular formula is C10H20N2O. The number of nitrogens with one attached hydrogen (secondary N) is 1. The van der Waals surface area contributed by atoms with Crippen LogP contribution in [0.5, 0.6) is 0 Å². The van der Waals surface area contributed by atoms with Crippen LogP contribution in [0.15, 0.2) is 0 Å². The Bertz CT molecular complexity index is 189. The van der Waals surface area contributed by atoms with E-state index in [2.05, 4.69) is 12.2 Å². The average molecular weight is 184 g/mol. The Morgan fingerprint density at radius 2 is 2.23 bits per heavy atom. The highest BCUT2D eigenvalue weighted by molar-refractivity contribution is 5.74. The Kier molecular flexibility index (Phi) is 3.31. The fraction of sp³-hybridized carbons (Fsp3) is 0.900. The van der Waals surface area contributed by atoms with Gasteiger partial charge in [-0.25, -0.2) is 0 Å². The second-order valence-electron chi connectivity index (χ2n) is 4.16. The number of nitrogens with zero attached hydrogens (tertiary/aromatic N) is 1. The lowest BCUT2D eigenvalue weighted by Gasteiger charge is -2.44. The fourth-order valence-corrected chi connectivity index (χ4v) is 2.28. The molecule has 1 aliphatic heterocycles. The molecular weight excluding hydrogens is 164 g/mol. The smallest absolute Gasteiger partial charge is 0.219 e. The maximum Gasteiger partial charge on any atom is 0.219 e. The zero-order valence-corrected chi connectivity index (χ0v) is 8.89. The Morgan fingerprint density at radius 1 is 1.54 bits per heavy atom. The standard InChI is InChI=1S/C10H20N2O/c1-9(13)12-7-5-4-6-10(12,2)8-11-3/h11H,4-8H2,1-3H3. The van der Waals surface area contributed by atoms with Crippen molar-refractivity contribution >= 4 is 5.91 Å². The number of piperidine rings is 1. The minimum atomic E-state index is 0.0405. The number of rotatable bonds is 2. The van der Waals surface area contributed by atoms with Gasteiger partial charge in [-0.2, -0.15) is 0 Å². The quantitative estimate of drug-likeness (QED) is 0.694. The van der Waals surface area contributed by atoms with Crippen molar-refractivity contribution in [1.29, 1.82) is 0 Å². The van der Waals surface area contributed by atoms with Crippen LogP contribution in [0.3, 0.4) is 0 Å². The molecule has 1 amide bonds. The predicted molar refractivity (Wildman–Crippen MR) is 53.6 cm³/mol. The van der Waals surface area contributed by atoms with Gasteiger partial charge in [0, 0.05) is 20.0 Å². The number of carbonyl (C=O) groups is 1. The van der Waals surface area contributed by atoms with Gasteiger partial charge in [-0.15, -0.1) is 0 Å². The van der Waals surface area contributed by atoms with Crippen LogP contribution in [-0.2, 0) is 4.79 Å². The third-order valence-electron chi connectivity index (χ3n) is 2.94. The van der Waals surface area contributed by atoms with E-state index in [1.807, 2.05) is 11.9 Å². The lowest BCUT2D eigenvalue weighted by molar-refractivity contribution is -0.136. The van der Waals surface area contributed by atoms with Crippen molar-refractivity contribution in [2.75, 3.05) is 20.1 Å². The summed E-state index contributed by atoms with van der Waals surface area (Å²) in [6.07, 6.45) is 3.51. The van der Waals surface area contributed by atoms with Gasteiger partial charge in [0.15, 0.2) is 0 Å². The zero-order valence-electron chi connectivity index (χ0n) is 8.89. The third-order valence-corrected chi connectivity index (χ3v) is 2.94. The van der Waals surface area contributed by atoms with Crippen molar-refractivity contribution in [3.8, 4) is 0 Å². The summed E-state index contributed by atoms with van der Waals surface area (Å²) in [5.74, 6) is 0.206. The van der Waals surface area contributed by atoms with Crippen molar-refractivity contribution in [3.63, 3.8) is 0 Å². The summed E-state index contributed by atoms with van der Waals surface area (Å²) >= 11 is 0. The molecule has 0 aromatic carbocycles. The van der Waals surface area contributed by atoms with Crippen molar-refractivity contribution in [1.82, 2.24) is 10.2 Å². The maximum atomic E-state index is 11.4. The molecule has 1 saturated heterocycles. The van der Waals surface area contributed by atoms with Crippen LogP contribution in [0, 0.1) is 0 Å². The zero-order chi connectivity index (χ0) is 9.90. The van der Waals surface area contributed by atoms with E-state index in [-0.39, 0.29) is 11.4 Å². The van der Waals surface area contributed by atoms with Crippen LogP contribution in [0.1, 0.15) is 33.1 Å². The van der Waals surface area contributed by atoms with E-state index in [1.165, 1.54) is 6.42 Å². The number of carbonyl (C=O) groups excluding carboxylic acids is 1. The topological polar surface area (TPSA) is 32.3 Å². The first kappa shape index (κ1) is 10.5. The highest BCUT2D eigenvalue weighted by Gasteiger charge is 2.34. The summed E-state index contributed by atoms with van der Waals surface area (Å²) < 4.78 is 0. The highest BCUT2D eigenvalue weighted by atomic mass is 16.2. The molecule has 0 aromatic heterocycles. The largest absolute Gasteiger partial charge is 0.336 e. The Balaban J connectivity index is 2.70. The van der Waals surface area contributed by atoms with Gasteiger partial charge >= 0.3 is 0 Å². The Morgan fingerprint density at radius 3 is 2.77 bits per heavy atom. The van der Waals surface area contributed by atoms with Gasteiger partial charge in [0.25, 0.3) is 0 Å². The molecule has 0 bridgehead atoms. The molecule has 3 nitrogen and oxygen atoms in total. The van der Waals surface area contributed by atoms with E-state index in [0.29, 0.717) is 0 Å². The molecule has 0 radical (unpaired) electrons. The average Bonchev–Trinajstić information content (AvgIpc) is 2.04. The summed E-state index contributed by atoms with van der Waals surface area (Å²) in [5.41, 5.74) is 0.0405. The number of amides is 1. The van der Waals surface area contributed by atoms with Crippen molar-refractivity contribution in [3.05, 3.63) is 0 Å². The molecule has 1 unspecified atom stereocenters. The second kappa shape index (κ2) is 4.09. The first-order chi connectivity index (χ1) is 6.10. The second-order valence-corrected chi connectivity index (χ2v) is 4.16. The summed E-state index contributed by atoms with van der Waals surface area (Å²) in [6.45, 7) is 5.66. The number of likely N-dealkylation sites (tertiary alicyclic amines) is 1. The SMILES string of the molecule is CNCC1(C)CCCCN1C(C)=O. The van der Waals surface area contributed by atoms with Gasteiger partial charge in [0.05, 0.1) is 5.54 Å². The van der Waals surface area contributed by atoms with Crippen molar-refractivity contribution in [2.45, 2.75) is 38.6 Å². The number of hydrogen-bond acceptors (Lipinski definition) is 2. The minimum Gasteiger partial charge on any atom is -0.336 e. The van der Waals surface area contributed by atoms with Gasteiger partial charge in [0.2, 0.25) is 5.91 Å². The molecule has 1 fully saturated rings. The molecule has 1 N–H and O–H groups in total. The molecule has 0 saturated carbocycles. The highest BCUT2D eigenvalue weighted by Crippen LogP contribution is 2.27. The Hall–Kier alpha value is -0.570. The van der Waals surface area contributed by atoms with Crippen LogP contribution in [-0.4, -0.2) is 36.5 Å². The van der Waals surface area contributed by atoms with E-state index in [1.54, 1.807) is 6.92 Å². The summed E-state index contributed by atoms with van der Waals surface area (Å²) in [5, 5.41) is 3.17. The van der Waals surface area contributed by atoms with Gasteiger partial charge in [0.1, 0.15) is 0 Å². The summed E-state index contributed by atoms with van der Waals surface area (Å²) in [4.78, 5) is 13.4. The number of likely N-dealkylation sites (N-methyl/N-ethyl adjacent to an activating group) is 1. The van der Waals surface area contributed by atoms with E-state index < -0.39 is 0 Å². The van der Waals surface area contributed by atoms with Gasteiger partial charge < -0.3 is 10.2 Å². The monoisotopic (exact) mass is 184 g/mol. The van der Waals surface area contributed by atoms with E-state index in [9.17, 15) is 4.79 Å². The molecule has 1 atom stereocenters. The minimum absolute atomic E-state index is 0.0405. The van der Waals surface area contributed by atoms with Crippen molar-refractivity contribution < 1.29 is 4.79 Å². The maximum absolute atomic E-state index is 11.4. The molecule has 76 valence electrons. The number of hydrogen-bond donors (Lipinski definition) is 1. The lowest BCUT2D eigenvalue weighted by atomic mass is 9.88. The van der Waals surface area contributed by atoms with Crippen LogP contribution < -0.4 is 5.32 Å². The van der Waals surface area contributed by atoms with Gasteiger partial charge in [-0.05, 0) is 33.2 Å². The predicted octanol–water partition coefficient (Wildman–Crippen LogP) is 0.997. The summed E-state index contributed by atoms with van der Waals surface area (Å²) in [6, 6.07) is 0. The summed E-state index contributed by atoms with van der Waals surface area (Å²) in [7, 11) is 1.94. The van der Waals surface area contributed by atoms with Crippen molar-refractivity contribution in [2.24, 2.45) is 0 Å². The van der Waals surface area contributed by atoms with Crippen LogP contribution in [0.2, 0.25) is 0 Å². The molecule has 0 aliphatic carbocycles. The molecule has 1 aliphatic rings. The molecule has 3 heteroatoms. The van der Waals surface area contributed by atoms with Crippen LogP contribution in [0.25, 0.3) is 0 Å². The Labute approximate surface area is 80.5 Å². The van der Waals surface area contributed by atoms with E-state index in [4.69, 9.17) is 0 Å². The molecule has 0 spiro atoms. The van der Waals surface area contributed by atoms with Gasteiger partial charge in [-0.1, -0.05) is 0 Å². The molecule has 13 heavy (non-hydrogen) atoms. The van der Waals surface area contributed by atoms with E-state index >= 15 is 0 Å². The fourth-order valence-electron chi connectivity index (χ4n) is 2.28.